The summed E-state index contributed by atoms with van der Waals surface area (Å²) in [6, 6.07) is 4.87. The summed E-state index contributed by atoms with van der Waals surface area (Å²) < 4.78 is 28.2. The summed E-state index contributed by atoms with van der Waals surface area (Å²) >= 11 is 4.59. The maximum absolute atomic E-state index is 13.8. The summed E-state index contributed by atoms with van der Waals surface area (Å²) in [5.74, 6) is -3.67. The summed E-state index contributed by atoms with van der Waals surface area (Å²) in [5.41, 5.74) is -1.90. The SMILES string of the molecule is O=C(NCc1ccc(Br)s1)c1c(F)ccc([N+](=O)[O-])c1F. The van der Waals surface area contributed by atoms with Gasteiger partial charge in [-0.25, -0.2) is 4.39 Å². The van der Waals surface area contributed by atoms with Gasteiger partial charge in [0.2, 0.25) is 5.82 Å². The Morgan fingerprint density at radius 1 is 1.33 bits per heavy atom. The maximum atomic E-state index is 13.8. The first kappa shape index (κ1) is 15.5. The van der Waals surface area contributed by atoms with Gasteiger partial charge in [-0.1, -0.05) is 0 Å². The highest BCUT2D eigenvalue weighted by molar-refractivity contribution is 9.11. The van der Waals surface area contributed by atoms with Crippen molar-refractivity contribution in [3.05, 3.63) is 60.2 Å². The molecular formula is C12H7BrF2N2O3S. The minimum Gasteiger partial charge on any atom is -0.347 e. The molecule has 1 N–H and O–H groups in total. The lowest BCUT2D eigenvalue weighted by atomic mass is 10.1. The third-order valence-electron chi connectivity index (χ3n) is 2.55. The smallest absolute Gasteiger partial charge is 0.305 e. The molecule has 9 heteroatoms. The van der Waals surface area contributed by atoms with E-state index >= 15 is 0 Å². The minimum absolute atomic E-state index is 0.0661. The first-order valence-electron chi connectivity index (χ1n) is 5.55. The van der Waals surface area contributed by atoms with Crippen molar-refractivity contribution in [1.82, 2.24) is 5.32 Å². The number of benzene rings is 1. The van der Waals surface area contributed by atoms with E-state index in [-0.39, 0.29) is 6.54 Å². The number of halogens is 3. The van der Waals surface area contributed by atoms with Crippen molar-refractivity contribution in [2.75, 3.05) is 0 Å². The van der Waals surface area contributed by atoms with Gasteiger partial charge in [-0.15, -0.1) is 11.3 Å². The zero-order valence-electron chi connectivity index (χ0n) is 10.2. The summed E-state index contributed by atoms with van der Waals surface area (Å²) in [6.07, 6.45) is 0. The van der Waals surface area contributed by atoms with Crippen molar-refractivity contribution in [2.24, 2.45) is 0 Å². The number of nitro benzene ring substituents is 1. The van der Waals surface area contributed by atoms with Crippen molar-refractivity contribution in [3.8, 4) is 0 Å². The van der Waals surface area contributed by atoms with Gasteiger partial charge in [0.1, 0.15) is 11.4 Å². The lowest BCUT2D eigenvalue weighted by molar-refractivity contribution is -0.387. The Morgan fingerprint density at radius 2 is 2.05 bits per heavy atom. The molecule has 0 aliphatic heterocycles. The fourth-order valence-corrected chi connectivity index (χ4v) is 3.02. The van der Waals surface area contributed by atoms with Crippen molar-refractivity contribution < 1.29 is 18.5 Å². The molecule has 0 radical (unpaired) electrons. The molecule has 1 heterocycles. The van der Waals surface area contributed by atoms with Gasteiger partial charge in [0, 0.05) is 10.9 Å². The fraction of sp³-hybridized carbons (Fsp3) is 0.0833. The third-order valence-corrected chi connectivity index (χ3v) is 4.17. The van der Waals surface area contributed by atoms with Crippen LogP contribution >= 0.6 is 27.3 Å². The molecule has 0 atom stereocenters. The quantitative estimate of drug-likeness (QED) is 0.654. The fourth-order valence-electron chi connectivity index (χ4n) is 1.59. The second-order valence-corrected chi connectivity index (χ2v) is 6.45. The van der Waals surface area contributed by atoms with Gasteiger partial charge in [0.05, 0.1) is 15.3 Å². The van der Waals surface area contributed by atoms with Gasteiger partial charge in [0.15, 0.2) is 0 Å². The number of thiophene rings is 1. The van der Waals surface area contributed by atoms with Crippen LogP contribution in [0.4, 0.5) is 14.5 Å². The molecule has 0 aliphatic carbocycles. The molecule has 2 rings (SSSR count). The first-order valence-corrected chi connectivity index (χ1v) is 7.16. The van der Waals surface area contributed by atoms with Crippen molar-refractivity contribution in [3.63, 3.8) is 0 Å². The predicted octanol–water partition coefficient (Wildman–Crippen LogP) is 3.63. The molecule has 0 saturated heterocycles. The van der Waals surface area contributed by atoms with Gasteiger partial charge in [-0.2, -0.15) is 4.39 Å². The van der Waals surface area contributed by atoms with Gasteiger partial charge in [-0.05, 0) is 34.1 Å². The molecule has 0 aliphatic rings. The van der Waals surface area contributed by atoms with Crippen LogP contribution in [0.1, 0.15) is 15.2 Å². The number of nitrogens with zero attached hydrogens (tertiary/aromatic N) is 1. The summed E-state index contributed by atoms with van der Waals surface area (Å²) in [4.78, 5) is 22.2. The number of hydrogen-bond donors (Lipinski definition) is 1. The molecular weight excluding hydrogens is 370 g/mol. The van der Waals surface area contributed by atoms with Gasteiger partial charge in [-0.3, -0.25) is 14.9 Å². The molecule has 1 amide bonds. The van der Waals surface area contributed by atoms with Crippen LogP contribution in [0, 0.1) is 21.7 Å². The first-order chi connectivity index (χ1) is 9.90. The molecule has 0 saturated carbocycles. The average Bonchev–Trinajstić information content (AvgIpc) is 2.82. The van der Waals surface area contributed by atoms with E-state index in [0.717, 1.165) is 8.66 Å². The Labute approximate surface area is 129 Å². The summed E-state index contributed by atoms with van der Waals surface area (Å²) in [7, 11) is 0. The number of hydrogen-bond acceptors (Lipinski definition) is 4. The van der Waals surface area contributed by atoms with E-state index in [0.29, 0.717) is 12.1 Å². The normalized spacial score (nSPS) is 10.4. The number of nitro groups is 1. The Balaban J connectivity index is 2.22. The van der Waals surface area contributed by atoms with E-state index in [1.54, 1.807) is 12.1 Å². The molecule has 5 nitrogen and oxygen atoms in total. The number of amides is 1. The van der Waals surface area contributed by atoms with Crippen molar-refractivity contribution >= 4 is 38.9 Å². The number of nitrogens with one attached hydrogen (secondary N) is 1. The van der Waals surface area contributed by atoms with Gasteiger partial charge in [0.25, 0.3) is 5.91 Å². The lowest BCUT2D eigenvalue weighted by Gasteiger charge is -2.06. The van der Waals surface area contributed by atoms with Gasteiger partial charge < -0.3 is 5.32 Å². The van der Waals surface area contributed by atoms with E-state index in [1.807, 2.05) is 0 Å². The van der Waals surface area contributed by atoms with E-state index in [9.17, 15) is 23.7 Å². The van der Waals surface area contributed by atoms with Crippen LogP contribution in [-0.2, 0) is 6.54 Å². The molecule has 2 aromatic rings. The summed E-state index contributed by atoms with van der Waals surface area (Å²) in [5, 5.41) is 12.9. The molecule has 0 spiro atoms. The minimum atomic E-state index is -1.48. The third kappa shape index (κ3) is 3.42. The molecule has 0 unspecified atom stereocenters. The second kappa shape index (κ2) is 6.27. The Kier molecular flexibility index (Phi) is 4.63. The van der Waals surface area contributed by atoms with E-state index in [4.69, 9.17) is 0 Å². The number of carbonyl (C=O) groups excluding carboxylic acids is 1. The van der Waals surface area contributed by atoms with Crippen molar-refractivity contribution in [2.45, 2.75) is 6.54 Å². The van der Waals surface area contributed by atoms with E-state index < -0.39 is 33.7 Å². The van der Waals surface area contributed by atoms with Gasteiger partial charge >= 0.3 is 5.69 Å². The summed E-state index contributed by atoms with van der Waals surface area (Å²) in [6.45, 7) is 0.0661. The van der Waals surface area contributed by atoms with E-state index in [1.165, 1.54) is 11.3 Å². The standard InChI is InChI=1S/C12H7BrF2N2O3S/c13-9-4-1-6(21-9)5-16-12(18)10-7(14)2-3-8(11(10)15)17(19)20/h1-4H,5H2,(H,16,18). The highest BCUT2D eigenvalue weighted by atomic mass is 79.9. The van der Waals surface area contributed by atoms with E-state index in [2.05, 4.69) is 21.2 Å². The van der Waals surface area contributed by atoms with Crippen LogP contribution in [0.15, 0.2) is 28.1 Å². The maximum Gasteiger partial charge on any atom is 0.305 e. The van der Waals surface area contributed by atoms with Crippen LogP contribution in [-0.4, -0.2) is 10.8 Å². The van der Waals surface area contributed by atoms with Crippen LogP contribution in [0.2, 0.25) is 0 Å². The molecule has 21 heavy (non-hydrogen) atoms. The highest BCUT2D eigenvalue weighted by Gasteiger charge is 2.26. The number of rotatable bonds is 4. The van der Waals surface area contributed by atoms with Crippen LogP contribution in [0.3, 0.4) is 0 Å². The van der Waals surface area contributed by atoms with Crippen LogP contribution in [0.5, 0.6) is 0 Å². The van der Waals surface area contributed by atoms with Crippen LogP contribution < -0.4 is 5.32 Å². The number of carbonyl (C=O) groups is 1. The Morgan fingerprint density at radius 3 is 2.62 bits per heavy atom. The molecule has 0 fully saturated rings. The molecule has 1 aromatic heterocycles. The lowest BCUT2D eigenvalue weighted by Crippen LogP contribution is -2.25. The topological polar surface area (TPSA) is 72.2 Å². The largest absolute Gasteiger partial charge is 0.347 e. The molecule has 1 aromatic carbocycles. The zero-order valence-corrected chi connectivity index (χ0v) is 12.6. The second-order valence-electron chi connectivity index (χ2n) is 3.90. The zero-order chi connectivity index (χ0) is 15.6. The highest BCUT2D eigenvalue weighted by Crippen LogP contribution is 2.24. The predicted molar refractivity (Wildman–Crippen MR) is 76.2 cm³/mol. The monoisotopic (exact) mass is 376 g/mol. The molecule has 110 valence electrons. The average molecular weight is 377 g/mol. The Bertz CT molecular complexity index is 721. The Hall–Kier alpha value is -1.87. The van der Waals surface area contributed by atoms with Crippen LogP contribution in [0.25, 0.3) is 0 Å². The van der Waals surface area contributed by atoms with Crippen molar-refractivity contribution in [1.29, 1.82) is 0 Å². The molecule has 0 bridgehead atoms.